The molecule has 7 heteroatoms. The van der Waals surface area contributed by atoms with Crippen LogP contribution in [0.4, 0.5) is 0 Å². The number of likely N-dealkylation sites (N-methyl/N-ethyl adjacent to an activating group) is 1. The van der Waals surface area contributed by atoms with Crippen molar-refractivity contribution in [1.29, 1.82) is 0 Å². The molecule has 4 atom stereocenters. The average Bonchev–Trinajstić information content (AvgIpc) is 3.07. The maximum atomic E-state index is 12.7. The Balaban J connectivity index is 1.64. The van der Waals surface area contributed by atoms with Crippen molar-refractivity contribution in [3.63, 3.8) is 0 Å². The molecule has 122 valence electrons. The van der Waals surface area contributed by atoms with E-state index in [9.17, 15) is 8.42 Å². The molecule has 21 heavy (non-hydrogen) atoms. The molecule has 0 radical (unpaired) electrons. The van der Waals surface area contributed by atoms with Crippen molar-refractivity contribution in [1.82, 2.24) is 14.3 Å². The smallest absolute Gasteiger partial charge is 0.280 e. The number of nitrogens with one attached hydrogen (secondary N) is 2. The standard InChI is InChI=1S/C14H27N3O3S/c1-2-15-10-11-5-3-4-8-17(11)21(18,19)16-13-9-12-6-7-14(13)20-12/h11-16H,2-10H2,1H3. The first kappa shape index (κ1) is 15.7. The van der Waals surface area contributed by atoms with E-state index in [4.69, 9.17) is 4.74 Å². The molecular weight excluding hydrogens is 290 g/mol. The summed E-state index contributed by atoms with van der Waals surface area (Å²) in [5.74, 6) is 0. The number of piperidine rings is 1. The van der Waals surface area contributed by atoms with E-state index in [1.807, 2.05) is 6.92 Å². The molecule has 0 aliphatic carbocycles. The average molecular weight is 317 g/mol. The molecule has 0 spiro atoms. The van der Waals surface area contributed by atoms with Gasteiger partial charge in [0.25, 0.3) is 10.2 Å². The molecule has 6 nitrogen and oxygen atoms in total. The van der Waals surface area contributed by atoms with Gasteiger partial charge in [-0.25, -0.2) is 0 Å². The summed E-state index contributed by atoms with van der Waals surface area (Å²) in [6.07, 6.45) is 6.25. The Hall–Kier alpha value is -0.210. The third-order valence-electron chi connectivity index (χ3n) is 4.92. The number of nitrogens with zero attached hydrogens (tertiary/aromatic N) is 1. The first-order valence-corrected chi connectivity index (χ1v) is 9.69. The van der Waals surface area contributed by atoms with Crippen LogP contribution in [0.25, 0.3) is 0 Å². The van der Waals surface area contributed by atoms with E-state index in [2.05, 4.69) is 10.0 Å². The molecule has 3 rings (SSSR count). The molecular formula is C14H27N3O3S. The third kappa shape index (κ3) is 3.42. The van der Waals surface area contributed by atoms with E-state index in [0.29, 0.717) is 6.54 Å². The fraction of sp³-hybridized carbons (Fsp3) is 1.00. The molecule has 3 fully saturated rings. The largest absolute Gasteiger partial charge is 0.373 e. The van der Waals surface area contributed by atoms with Gasteiger partial charge in [-0.2, -0.15) is 17.4 Å². The highest BCUT2D eigenvalue weighted by molar-refractivity contribution is 7.87. The Labute approximate surface area is 127 Å². The molecule has 3 heterocycles. The third-order valence-corrected chi connectivity index (χ3v) is 6.62. The Kier molecular flexibility index (Phi) is 4.85. The van der Waals surface area contributed by atoms with Crippen LogP contribution in [-0.4, -0.2) is 56.6 Å². The van der Waals surface area contributed by atoms with Crippen LogP contribution < -0.4 is 10.0 Å². The van der Waals surface area contributed by atoms with Crippen LogP contribution >= 0.6 is 0 Å². The Morgan fingerprint density at radius 1 is 1.24 bits per heavy atom. The summed E-state index contributed by atoms with van der Waals surface area (Å²) < 4.78 is 35.8. The zero-order valence-electron chi connectivity index (χ0n) is 12.8. The number of hydrogen-bond donors (Lipinski definition) is 2. The highest BCUT2D eigenvalue weighted by atomic mass is 32.2. The maximum absolute atomic E-state index is 12.7. The highest BCUT2D eigenvalue weighted by Crippen LogP contribution is 2.35. The van der Waals surface area contributed by atoms with Gasteiger partial charge >= 0.3 is 0 Å². The molecule has 0 saturated carbocycles. The topological polar surface area (TPSA) is 70.7 Å². The van der Waals surface area contributed by atoms with Crippen LogP contribution in [-0.2, 0) is 14.9 Å². The minimum atomic E-state index is -3.41. The normalized spacial score (nSPS) is 37.2. The van der Waals surface area contributed by atoms with Crippen LogP contribution in [0, 0.1) is 0 Å². The van der Waals surface area contributed by atoms with Crippen LogP contribution in [0.3, 0.4) is 0 Å². The van der Waals surface area contributed by atoms with Gasteiger partial charge in [-0.05, 0) is 38.6 Å². The van der Waals surface area contributed by atoms with Crippen molar-refractivity contribution in [2.45, 2.75) is 69.7 Å². The summed E-state index contributed by atoms with van der Waals surface area (Å²) in [4.78, 5) is 0. The van der Waals surface area contributed by atoms with Gasteiger partial charge in [0.15, 0.2) is 0 Å². The van der Waals surface area contributed by atoms with Crippen LogP contribution in [0.2, 0.25) is 0 Å². The van der Waals surface area contributed by atoms with Crippen molar-refractivity contribution in [3.05, 3.63) is 0 Å². The van der Waals surface area contributed by atoms with Crippen molar-refractivity contribution in [2.24, 2.45) is 0 Å². The lowest BCUT2D eigenvalue weighted by atomic mass is 9.96. The van der Waals surface area contributed by atoms with Gasteiger partial charge in [0.1, 0.15) is 0 Å². The van der Waals surface area contributed by atoms with Gasteiger partial charge in [-0.3, -0.25) is 0 Å². The molecule has 0 amide bonds. The summed E-state index contributed by atoms with van der Waals surface area (Å²) in [5.41, 5.74) is 0. The van der Waals surface area contributed by atoms with E-state index in [1.54, 1.807) is 4.31 Å². The molecule has 3 saturated heterocycles. The minimum absolute atomic E-state index is 0.0320. The second-order valence-electron chi connectivity index (χ2n) is 6.41. The molecule has 0 aromatic carbocycles. The van der Waals surface area contributed by atoms with Crippen LogP contribution in [0.5, 0.6) is 0 Å². The Bertz CT molecular complexity index is 456. The molecule has 0 aromatic rings. The zero-order chi connectivity index (χ0) is 14.9. The van der Waals surface area contributed by atoms with E-state index in [0.717, 1.165) is 51.6 Å². The fourth-order valence-corrected chi connectivity index (χ4v) is 5.53. The molecule has 2 bridgehead atoms. The van der Waals surface area contributed by atoms with Gasteiger partial charge in [0, 0.05) is 19.1 Å². The summed E-state index contributed by atoms with van der Waals surface area (Å²) in [6.45, 7) is 4.29. The quantitative estimate of drug-likeness (QED) is 0.753. The molecule has 3 aliphatic rings. The second-order valence-corrected chi connectivity index (χ2v) is 8.06. The van der Waals surface area contributed by atoms with Crippen LogP contribution in [0.15, 0.2) is 0 Å². The number of rotatable bonds is 6. The van der Waals surface area contributed by atoms with E-state index >= 15 is 0 Å². The van der Waals surface area contributed by atoms with Gasteiger partial charge in [-0.15, -0.1) is 0 Å². The lowest BCUT2D eigenvalue weighted by Crippen LogP contribution is -2.55. The Morgan fingerprint density at radius 2 is 2.10 bits per heavy atom. The molecule has 3 aliphatic heterocycles. The Morgan fingerprint density at radius 3 is 2.76 bits per heavy atom. The van der Waals surface area contributed by atoms with Gasteiger partial charge in [0.05, 0.1) is 18.2 Å². The predicted molar refractivity (Wildman–Crippen MR) is 81.2 cm³/mol. The monoisotopic (exact) mass is 317 g/mol. The van der Waals surface area contributed by atoms with E-state index in [1.165, 1.54) is 0 Å². The lowest BCUT2D eigenvalue weighted by Gasteiger charge is -2.36. The maximum Gasteiger partial charge on any atom is 0.280 e. The first-order chi connectivity index (χ1) is 10.1. The number of hydrogen-bond acceptors (Lipinski definition) is 4. The van der Waals surface area contributed by atoms with Crippen molar-refractivity contribution < 1.29 is 13.2 Å². The summed E-state index contributed by atoms with van der Waals surface area (Å²) in [6, 6.07) is 0.0474. The molecule has 4 unspecified atom stereocenters. The molecule has 2 N–H and O–H groups in total. The first-order valence-electron chi connectivity index (χ1n) is 8.25. The fourth-order valence-electron chi connectivity index (χ4n) is 3.83. The van der Waals surface area contributed by atoms with Crippen molar-refractivity contribution >= 4 is 10.2 Å². The number of ether oxygens (including phenoxy) is 1. The zero-order valence-corrected chi connectivity index (χ0v) is 13.6. The minimum Gasteiger partial charge on any atom is -0.373 e. The number of fused-ring (bicyclic) bond motifs is 2. The van der Waals surface area contributed by atoms with Gasteiger partial charge < -0.3 is 10.1 Å². The van der Waals surface area contributed by atoms with E-state index < -0.39 is 10.2 Å². The summed E-state index contributed by atoms with van der Waals surface area (Å²) in [5, 5.41) is 3.28. The van der Waals surface area contributed by atoms with Crippen molar-refractivity contribution in [2.75, 3.05) is 19.6 Å². The highest BCUT2D eigenvalue weighted by Gasteiger charge is 2.44. The van der Waals surface area contributed by atoms with Crippen molar-refractivity contribution in [3.8, 4) is 0 Å². The lowest BCUT2D eigenvalue weighted by molar-refractivity contribution is 0.0992. The summed E-state index contributed by atoms with van der Waals surface area (Å²) in [7, 11) is -3.41. The van der Waals surface area contributed by atoms with E-state index in [-0.39, 0.29) is 24.3 Å². The molecule has 0 aromatic heterocycles. The second kappa shape index (κ2) is 6.50. The SMILES string of the molecule is CCNCC1CCCCN1S(=O)(=O)NC1CC2CCC1O2. The van der Waals surface area contributed by atoms with Gasteiger partial charge in [-0.1, -0.05) is 13.3 Å². The van der Waals surface area contributed by atoms with Crippen LogP contribution in [0.1, 0.15) is 45.4 Å². The predicted octanol–water partition coefficient (Wildman–Crippen LogP) is 0.605. The summed E-state index contributed by atoms with van der Waals surface area (Å²) >= 11 is 0. The van der Waals surface area contributed by atoms with Gasteiger partial charge in [0.2, 0.25) is 0 Å².